The van der Waals surface area contributed by atoms with E-state index >= 15 is 0 Å². The highest BCUT2D eigenvalue weighted by Gasteiger charge is 2.26. The molecule has 6 nitrogen and oxygen atoms in total. The standard InChI is InChI=1S/C17H34N2O4/c1-17(2,3)23-16(20)19-9-6-15(7-10-19)14-18-8-5-11-22-13-12-21-4/h15,18H,5-14H2,1-4H3. The van der Waals surface area contributed by atoms with Gasteiger partial charge in [-0.15, -0.1) is 0 Å². The van der Waals surface area contributed by atoms with Gasteiger partial charge in [-0.3, -0.25) is 0 Å². The van der Waals surface area contributed by atoms with Crippen molar-refractivity contribution in [2.24, 2.45) is 5.92 Å². The highest BCUT2D eigenvalue weighted by atomic mass is 16.6. The summed E-state index contributed by atoms with van der Waals surface area (Å²) in [5.41, 5.74) is -0.416. The van der Waals surface area contributed by atoms with Gasteiger partial charge in [0.1, 0.15) is 5.60 Å². The van der Waals surface area contributed by atoms with Crippen molar-refractivity contribution in [3.8, 4) is 0 Å². The number of ether oxygens (including phenoxy) is 3. The molecule has 1 fully saturated rings. The van der Waals surface area contributed by atoms with Gasteiger partial charge in [-0.2, -0.15) is 0 Å². The second-order valence-electron chi connectivity index (χ2n) is 7.07. The zero-order valence-electron chi connectivity index (χ0n) is 15.2. The summed E-state index contributed by atoms with van der Waals surface area (Å²) in [6.07, 6.45) is 2.91. The van der Waals surface area contributed by atoms with E-state index in [0.717, 1.165) is 52.0 Å². The van der Waals surface area contributed by atoms with Crippen molar-refractivity contribution < 1.29 is 19.0 Å². The Bertz CT molecular complexity index is 323. The zero-order valence-corrected chi connectivity index (χ0v) is 15.2. The maximum absolute atomic E-state index is 12.0. The number of nitrogens with one attached hydrogen (secondary N) is 1. The number of rotatable bonds is 9. The fourth-order valence-corrected chi connectivity index (χ4v) is 2.50. The van der Waals surface area contributed by atoms with Gasteiger partial charge in [-0.1, -0.05) is 0 Å². The van der Waals surface area contributed by atoms with Crippen LogP contribution < -0.4 is 5.32 Å². The van der Waals surface area contributed by atoms with Crippen LogP contribution in [0.5, 0.6) is 0 Å². The molecule has 0 saturated carbocycles. The van der Waals surface area contributed by atoms with Crippen molar-refractivity contribution in [3.05, 3.63) is 0 Å². The van der Waals surface area contributed by atoms with Crippen LogP contribution in [0, 0.1) is 5.92 Å². The van der Waals surface area contributed by atoms with Gasteiger partial charge in [-0.25, -0.2) is 4.79 Å². The van der Waals surface area contributed by atoms with Crippen LogP contribution in [0.2, 0.25) is 0 Å². The molecule has 23 heavy (non-hydrogen) atoms. The molecule has 1 saturated heterocycles. The summed E-state index contributed by atoms with van der Waals surface area (Å²) in [6, 6.07) is 0. The molecule has 0 spiro atoms. The van der Waals surface area contributed by atoms with Gasteiger partial charge in [0.25, 0.3) is 0 Å². The molecular formula is C17H34N2O4. The van der Waals surface area contributed by atoms with E-state index in [4.69, 9.17) is 14.2 Å². The van der Waals surface area contributed by atoms with Crippen molar-refractivity contribution in [2.75, 3.05) is 53.1 Å². The molecule has 6 heteroatoms. The van der Waals surface area contributed by atoms with Crippen LogP contribution in [0.15, 0.2) is 0 Å². The lowest BCUT2D eigenvalue weighted by Gasteiger charge is -2.33. The van der Waals surface area contributed by atoms with E-state index in [9.17, 15) is 4.79 Å². The smallest absolute Gasteiger partial charge is 0.410 e. The Balaban J connectivity index is 2.03. The lowest BCUT2D eigenvalue weighted by Crippen LogP contribution is -2.43. The lowest BCUT2D eigenvalue weighted by molar-refractivity contribution is 0.0184. The largest absolute Gasteiger partial charge is 0.444 e. The molecule has 1 heterocycles. The van der Waals surface area contributed by atoms with Crippen molar-refractivity contribution in [2.45, 2.75) is 45.6 Å². The molecule has 1 N–H and O–H groups in total. The van der Waals surface area contributed by atoms with E-state index in [1.54, 1.807) is 7.11 Å². The minimum Gasteiger partial charge on any atom is -0.444 e. The molecule has 0 bridgehead atoms. The Kier molecular flexibility index (Phi) is 9.52. The lowest BCUT2D eigenvalue weighted by atomic mass is 9.97. The maximum atomic E-state index is 12.0. The molecule has 0 aliphatic carbocycles. The topological polar surface area (TPSA) is 60.0 Å². The number of piperidine rings is 1. The van der Waals surface area contributed by atoms with Crippen LogP contribution in [0.4, 0.5) is 4.79 Å². The molecule has 0 aromatic rings. The van der Waals surface area contributed by atoms with Gasteiger partial charge in [-0.05, 0) is 59.0 Å². The summed E-state index contributed by atoms with van der Waals surface area (Å²) >= 11 is 0. The van der Waals surface area contributed by atoms with Gasteiger partial charge in [0.15, 0.2) is 0 Å². The number of carbonyl (C=O) groups excluding carboxylic acids is 1. The zero-order chi connectivity index (χ0) is 17.1. The van der Waals surface area contributed by atoms with Crippen LogP contribution in [0.1, 0.15) is 40.0 Å². The summed E-state index contributed by atoms with van der Waals surface area (Å²) in [6.45, 7) is 11.4. The second-order valence-corrected chi connectivity index (χ2v) is 7.07. The van der Waals surface area contributed by atoms with Crippen LogP contribution >= 0.6 is 0 Å². The van der Waals surface area contributed by atoms with Gasteiger partial charge < -0.3 is 24.4 Å². The molecule has 0 unspecified atom stereocenters. The number of amides is 1. The molecule has 0 radical (unpaired) electrons. The molecule has 1 rings (SSSR count). The SMILES string of the molecule is COCCOCCCNCC1CCN(C(=O)OC(C)(C)C)CC1. The summed E-state index contributed by atoms with van der Waals surface area (Å²) in [7, 11) is 1.68. The molecule has 0 aromatic heterocycles. The summed E-state index contributed by atoms with van der Waals surface area (Å²) in [4.78, 5) is 13.8. The number of methoxy groups -OCH3 is 1. The normalized spacial score (nSPS) is 16.6. The number of likely N-dealkylation sites (tertiary alicyclic amines) is 1. The minimum absolute atomic E-state index is 0.183. The predicted molar refractivity (Wildman–Crippen MR) is 90.7 cm³/mol. The Morgan fingerprint density at radius 2 is 1.87 bits per heavy atom. The monoisotopic (exact) mass is 330 g/mol. The highest BCUT2D eigenvalue weighted by molar-refractivity contribution is 5.68. The van der Waals surface area contributed by atoms with Gasteiger partial charge >= 0.3 is 6.09 Å². The number of hydrogen-bond donors (Lipinski definition) is 1. The van der Waals surface area contributed by atoms with E-state index < -0.39 is 5.60 Å². The molecule has 1 aliphatic heterocycles. The van der Waals surface area contributed by atoms with Crippen molar-refractivity contribution in [1.82, 2.24) is 10.2 Å². The number of nitrogens with zero attached hydrogens (tertiary/aromatic N) is 1. The fourth-order valence-electron chi connectivity index (χ4n) is 2.50. The van der Waals surface area contributed by atoms with E-state index in [1.807, 2.05) is 25.7 Å². The van der Waals surface area contributed by atoms with Gasteiger partial charge in [0, 0.05) is 26.8 Å². The first kappa shape index (κ1) is 20.2. The van der Waals surface area contributed by atoms with E-state index in [1.165, 1.54) is 0 Å². The van der Waals surface area contributed by atoms with E-state index in [-0.39, 0.29) is 6.09 Å². The molecule has 136 valence electrons. The molecular weight excluding hydrogens is 296 g/mol. The first-order chi connectivity index (χ1) is 10.9. The Morgan fingerprint density at radius 3 is 2.48 bits per heavy atom. The second kappa shape index (κ2) is 10.8. The van der Waals surface area contributed by atoms with E-state index in [0.29, 0.717) is 19.1 Å². The number of hydrogen-bond acceptors (Lipinski definition) is 5. The fraction of sp³-hybridized carbons (Fsp3) is 0.941. The molecule has 1 aliphatic rings. The van der Waals surface area contributed by atoms with Crippen molar-refractivity contribution in [3.63, 3.8) is 0 Å². The summed E-state index contributed by atoms with van der Waals surface area (Å²) in [5.74, 6) is 0.642. The van der Waals surface area contributed by atoms with Crippen LogP contribution in [-0.2, 0) is 14.2 Å². The minimum atomic E-state index is -0.416. The summed E-state index contributed by atoms with van der Waals surface area (Å²) < 4.78 is 15.8. The maximum Gasteiger partial charge on any atom is 0.410 e. The van der Waals surface area contributed by atoms with E-state index in [2.05, 4.69) is 5.32 Å². The Morgan fingerprint density at radius 1 is 1.17 bits per heavy atom. The first-order valence-electron chi connectivity index (χ1n) is 8.67. The van der Waals surface area contributed by atoms with Crippen LogP contribution in [0.25, 0.3) is 0 Å². The quantitative estimate of drug-likeness (QED) is 0.657. The van der Waals surface area contributed by atoms with Crippen molar-refractivity contribution >= 4 is 6.09 Å². The first-order valence-corrected chi connectivity index (χ1v) is 8.67. The third-order valence-corrected chi connectivity index (χ3v) is 3.77. The molecule has 0 aromatic carbocycles. The average Bonchev–Trinajstić information content (AvgIpc) is 2.49. The summed E-state index contributed by atoms with van der Waals surface area (Å²) in [5, 5.41) is 3.48. The Labute approximate surface area is 140 Å². The average molecular weight is 330 g/mol. The predicted octanol–water partition coefficient (Wildman–Crippen LogP) is 2.28. The van der Waals surface area contributed by atoms with Gasteiger partial charge in [0.2, 0.25) is 0 Å². The van der Waals surface area contributed by atoms with Crippen molar-refractivity contribution in [1.29, 1.82) is 0 Å². The van der Waals surface area contributed by atoms with Gasteiger partial charge in [0.05, 0.1) is 13.2 Å². The molecule has 1 amide bonds. The number of carbonyl (C=O) groups is 1. The third-order valence-electron chi connectivity index (χ3n) is 3.77. The molecule has 0 atom stereocenters. The highest BCUT2D eigenvalue weighted by Crippen LogP contribution is 2.19. The van der Waals surface area contributed by atoms with Crippen LogP contribution in [-0.4, -0.2) is 69.7 Å². The third kappa shape index (κ3) is 9.79. The van der Waals surface area contributed by atoms with Crippen LogP contribution in [0.3, 0.4) is 0 Å². The Hall–Kier alpha value is -0.850.